The van der Waals surface area contributed by atoms with Gasteiger partial charge in [0.1, 0.15) is 5.82 Å². The van der Waals surface area contributed by atoms with Gasteiger partial charge >= 0.3 is 0 Å². The number of hydrogen-bond acceptors (Lipinski definition) is 4. The van der Waals surface area contributed by atoms with Gasteiger partial charge in [0.15, 0.2) is 0 Å². The van der Waals surface area contributed by atoms with Crippen LogP contribution < -0.4 is 10.0 Å². The Balaban J connectivity index is 2.17. The highest BCUT2D eigenvalue weighted by Crippen LogP contribution is 2.30. The normalized spacial score (nSPS) is 23.4. The van der Waals surface area contributed by atoms with Crippen molar-refractivity contribution in [1.29, 1.82) is 0 Å². The summed E-state index contributed by atoms with van der Waals surface area (Å²) < 4.78 is 26.7. The number of anilines is 1. The van der Waals surface area contributed by atoms with Crippen molar-refractivity contribution in [3.63, 3.8) is 0 Å². The summed E-state index contributed by atoms with van der Waals surface area (Å²) in [7, 11) is -3.40. The van der Waals surface area contributed by atoms with E-state index in [0.29, 0.717) is 18.3 Å². The minimum absolute atomic E-state index is 0.0933. The molecule has 0 aromatic carbocycles. The van der Waals surface area contributed by atoms with E-state index in [1.165, 1.54) is 12.3 Å². The highest BCUT2D eigenvalue weighted by atomic mass is 32.2. The van der Waals surface area contributed by atoms with Crippen LogP contribution >= 0.6 is 0 Å². The molecule has 1 aliphatic carbocycles. The van der Waals surface area contributed by atoms with Crippen molar-refractivity contribution in [3.05, 3.63) is 18.3 Å². The second-order valence-corrected chi connectivity index (χ2v) is 6.06. The van der Waals surface area contributed by atoms with Gasteiger partial charge in [0, 0.05) is 24.8 Å². The first-order valence-corrected chi connectivity index (χ1v) is 7.23. The number of aromatic nitrogens is 1. The molecule has 2 N–H and O–H groups in total. The van der Waals surface area contributed by atoms with Crippen molar-refractivity contribution < 1.29 is 8.42 Å². The molecule has 0 amide bonds. The van der Waals surface area contributed by atoms with E-state index < -0.39 is 10.0 Å². The van der Waals surface area contributed by atoms with Crippen LogP contribution in [0.2, 0.25) is 0 Å². The van der Waals surface area contributed by atoms with E-state index in [1.807, 2.05) is 13.8 Å². The SMILES string of the molecule is CCNc1cc(S(=O)(=O)NC2CC2C)ccn1. The molecule has 0 bridgehead atoms. The van der Waals surface area contributed by atoms with Crippen LogP contribution in [0.25, 0.3) is 0 Å². The molecule has 17 heavy (non-hydrogen) atoms. The largest absolute Gasteiger partial charge is 0.370 e. The molecular weight excluding hydrogens is 238 g/mol. The third kappa shape index (κ3) is 2.95. The Bertz CT molecular complexity index is 501. The van der Waals surface area contributed by atoms with Gasteiger partial charge in [-0.05, 0) is 25.3 Å². The summed E-state index contributed by atoms with van der Waals surface area (Å²) >= 11 is 0. The second-order valence-electron chi connectivity index (χ2n) is 4.35. The first-order chi connectivity index (χ1) is 8.03. The minimum atomic E-state index is -3.40. The van der Waals surface area contributed by atoms with Gasteiger partial charge < -0.3 is 5.32 Å². The van der Waals surface area contributed by atoms with Crippen LogP contribution in [-0.4, -0.2) is 26.0 Å². The van der Waals surface area contributed by atoms with Gasteiger partial charge in [-0.3, -0.25) is 0 Å². The highest BCUT2D eigenvalue weighted by Gasteiger charge is 2.36. The molecule has 5 nitrogen and oxygen atoms in total. The van der Waals surface area contributed by atoms with E-state index in [4.69, 9.17) is 0 Å². The number of nitrogens with one attached hydrogen (secondary N) is 2. The Morgan fingerprint density at radius 2 is 2.24 bits per heavy atom. The molecular formula is C11H17N3O2S. The van der Waals surface area contributed by atoms with Crippen LogP contribution in [0.15, 0.2) is 23.2 Å². The Labute approximate surface area is 102 Å². The van der Waals surface area contributed by atoms with Gasteiger partial charge in [0.2, 0.25) is 10.0 Å². The predicted molar refractivity (Wildman–Crippen MR) is 66.3 cm³/mol. The number of sulfonamides is 1. The summed E-state index contributed by atoms with van der Waals surface area (Å²) in [5.74, 6) is 1.03. The van der Waals surface area contributed by atoms with Gasteiger partial charge in [-0.2, -0.15) is 0 Å². The fourth-order valence-electron chi connectivity index (χ4n) is 1.61. The molecule has 1 saturated carbocycles. The monoisotopic (exact) mass is 255 g/mol. The van der Waals surface area contributed by atoms with Crippen LogP contribution in [0.1, 0.15) is 20.3 Å². The van der Waals surface area contributed by atoms with Gasteiger partial charge in [-0.15, -0.1) is 0 Å². The molecule has 1 aromatic rings. The van der Waals surface area contributed by atoms with Gasteiger partial charge in [-0.25, -0.2) is 18.1 Å². The average Bonchev–Trinajstić information content (AvgIpc) is 2.94. The fraction of sp³-hybridized carbons (Fsp3) is 0.545. The van der Waals surface area contributed by atoms with E-state index in [-0.39, 0.29) is 10.9 Å². The van der Waals surface area contributed by atoms with Crippen molar-refractivity contribution in [2.24, 2.45) is 5.92 Å². The molecule has 1 aliphatic rings. The van der Waals surface area contributed by atoms with Crippen molar-refractivity contribution in [2.75, 3.05) is 11.9 Å². The maximum Gasteiger partial charge on any atom is 0.241 e. The maximum atomic E-state index is 12.0. The summed E-state index contributed by atoms with van der Waals surface area (Å²) in [6, 6.07) is 3.16. The van der Waals surface area contributed by atoms with E-state index in [9.17, 15) is 8.42 Å². The second kappa shape index (κ2) is 4.62. The molecule has 1 fully saturated rings. The highest BCUT2D eigenvalue weighted by molar-refractivity contribution is 7.89. The topological polar surface area (TPSA) is 71.1 Å². The average molecular weight is 255 g/mol. The van der Waals surface area contributed by atoms with E-state index in [0.717, 1.165) is 6.42 Å². The summed E-state index contributed by atoms with van der Waals surface area (Å²) in [6.07, 6.45) is 2.42. The lowest BCUT2D eigenvalue weighted by molar-refractivity contribution is 0.578. The zero-order valence-electron chi connectivity index (χ0n) is 9.97. The number of rotatable bonds is 5. The molecule has 94 valence electrons. The Morgan fingerprint density at radius 1 is 1.53 bits per heavy atom. The molecule has 0 radical (unpaired) electrons. The summed E-state index contributed by atoms with van der Waals surface area (Å²) in [5, 5.41) is 2.99. The number of nitrogens with zero attached hydrogens (tertiary/aromatic N) is 1. The molecule has 2 rings (SSSR count). The van der Waals surface area contributed by atoms with E-state index in [2.05, 4.69) is 15.0 Å². The molecule has 1 heterocycles. The fourth-order valence-corrected chi connectivity index (χ4v) is 2.98. The van der Waals surface area contributed by atoms with Crippen LogP contribution in [0.4, 0.5) is 5.82 Å². The molecule has 0 saturated heterocycles. The molecule has 2 atom stereocenters. The lowest BCUT2D eigenvalue weighted by Gasteiger charge is -2.07. The van der Waals surface area contributed by atoms with Gasteiger partial charge in [0.25, 0.3) is 0 Å². The lowest BCUT2D eigenvalue weighted by atomic mass is 10.4. The third-order valence-electron chi connectivity index (χ3n) is 2.82. The standard InChI is InChI=1S/C11H17N3O2S/c1-3-12-11-7-9(4-5-13-11)17(15,16)14-10-6-8(10)2/h4-5,7-8,10,14H,3,6H2,1-2H3,(H,12,13). The third-order valence-corrected chi connectivity index (χ3v) is 4.30. The Hall–Kier alpha value is -1.14. The molecule has 2 unspecified atom stereocenters. The maximum absolute atomic E-state index is 12.0. The van der Waals surface area contributed by atoms with Crippen molar-refractivity contribution in [2.45, 2.75) is 31.2 Å². The molecule has 0 aliphatic heterocycles. The smallest absolute Gasteiger partial charge is 0.241 e. The number of pyridine rings is 1. The Morgan fingerprint density at radius 3 is 2.82 bits per heavy atom. The van der Waals surface area contributed by atoms with Crippen LogP contribution in [0.3, 0.4) is 0 Å². The summed E-state index contributed by atoms with van der Waals surface area (Å²) in [6.45, 7) is 4.68. The van der Waals surface area contributed by atoms with Crippen molar-refractivity contribution >= 4 is 15.8 Å². The summed E-state index contributed by atoms with van der Waals surface area (Å²) in [5.41, 5.74) is 0. The van der Waals surface area contributed by atoms with Crippen molar-refractivity contribution in [1.82, 2.24) is 9.71 Å². The van der Waals surface area contributed by atoms with Crippen LogP contribution in [0, 0.1) is 5.92 Å². The van der Waals surface area contributed by atoms with E-state index in [1.54, 1.807) is 6.07 Å². The Kier molecular flexibility index (Phi) is 3.35. The minimum Gasteiger partial charge on any atom is -0.370 e. The lowest BCUT2D eigenvalue weighted by Crippen LogP contribution is -2.26. The van der Waals surface area contributed by atoms with E-state index >= 15 is 0 Å². The molecule has 0 spiro atoms. The number of hydrogen-bond donors (Lipinski definition) is 2. The molecule has 1 aromatic heterocycles. The van der Waals surface area contributed by atoms with Crippen LogP contribution in [0.5, 0.6) is 0 Å². The molecule has 6 heteroatoms. The zero-order chi connectivity index (χ0) is 12.5. The van der Waals surface area contributed by atoms with Crippen molar-refractivity contribution in [3.8, 4) is 0 Å². The first kappa shape index (κ1) is 12.3. The zero-order valence-corrected chi connectivity index (χ0v) is 10.8. The van der Waals surface area contributed by atoms with Gasteiger partial charge in [-0.1, -0.05) is 6.92 Å². The summed E-state index contributed by atoms with van der Waals surface area (Å²) in [4.78, 5) is 4.32. The quantitative estimate of drug-likeness (QED) is 0.829. The first-order valence-electron chi connectivity index (χ1n) is 5.75. The van der Waals surface area contributed by atoms with Crippen LogP contribution in [-0.2, 0) is 10.0 Å². The predicted octanol–water partition coefficient (Wildman–Crippen LogP) is 1.20. The van der Waals surface area contributed by atoms with Gasteiger partial charge in [0.05, 0.1) is 4.90 Å².